The van der Waals surface area contributed by atoms with Crippen LogP contribution in [0.25, 0.3) is 0 Å². The number of hydrogen-bond acceptors (Lipinski definition) is 4. The Morgan fingerprint density at radius 2 is 2.11 bits per heavy atom. The minimum absolute atomic E-state index is 0.0387. The summed E-state index contributed by atoms with van der Waals surface area (Å²) >= 11 is 0. The lowest BCUT2D eigenvalue weighted by Gasteiger charge is -2.05. The number of nitrogens with two attached hydrogens (primary N) is 1. The normalized spacial score (nSPS) is 10.5. The Morgan fingerprint density at radius 3 is 2.67 bits per heavy atom. The molecule has 7 nitrogen and oxygen atoms in total. The first-order chi connectivity index (χ1) is 8.49. The van der Waals surface area contributed by atoms with E-state index in [0.717, 1.165) is 0 Å². The van der Waals surface area contributed by atoms with Gasteiger partial charge in [-0.15, -0.1) is 0 Å². The number of non-ortho nitro benzene ring substituents is 1. The minimum Gasteiger partial charge on any atom is -0.398 e. The van der Waals surface area contributed by atoms with Crippen LogP contribution in [0, 0.1) is 10.1 Å². The van der Waals surface area contributed by atoms with E-state index in [0.29, 0.717) is 11.3 Å². The van der Waals surface area contributed by atoms with Crippen LogP contribution in [0.2, 0.25) is 0 Å². The van der Waals surface area contributed by atoms with Crippen LogP contribution in [0.15, 0.2) is 35.4 Å². The zero-order valence-corrected chi connectivity index (χ0v) is 9.74. The summed E-state index contributed by atoms with van der Waals surface area (Å²) in [6.07, 6.45) is 3.23. The molecule has 0 aliphatic rings. The summed E-state index contributed by atoms with van der Waals surface area (Å²) in [6.45, 7) is 0.215. The molecule has 0 radical (unpaired) electrons. The van der Waals surface area contributed by atoms with Crippen molar-refractivity contribution >= 4 is 11.4 Å². The molecule has 1 heterocycles. The highest BCUT2D eigenvalue weighted by atomic mass is 16.6. The Bertz CT molecular complexity index is 657. The molecular weight excluding hydrogens is 236 g/mol. The second-order valence-electron chi connectivity index (χ2n) is 3.96. The summed E-state index contributed by atoms with van der Waals surface area (Å²) in [5, 5.41) is 10.7. The van der Waals surface area contributed by atoms with E-state index in [2.05, 4.69) is 0 Å². The van der Waals surface area contributed by atoms with Gasteiger partial charge >= 0.3 is 5.69 Å². The van der Waals surface area contributed by atoms with Crippen LogP contribution >= 0.6 is 0 Å². The van der Waals surface area contributed by atoms with Crippen LogP contribution in [0.1, 0.15) is 5.56 Å². The first-order valence-electron chi connectivity index (χ1n) is 5.23. The fraction of sp³-hybridized carbons (Fsp3) is 0.182. The number of benzene rings is 1. The van der Waals surface area contributed by atoms with Gasteiger partial charge in [-0.25, -0.2) is 4.79 Å². The summed E-state index contributed by atoms with van der Waals surface area (Å²) in [7, 11) is 1.63. The molecule has 0 saturated heterocycles. The first-order valence-corrected chi connectivity index (χ1v) is 5.23. The fourth-order valence-electron chi connectivity index (χ4n) is 1.66. The third-order valence-corrected chi connectivity index (χ3v) is 2.70. The molecule has 7 heteroatoms. The Kier molecular flexibility index (Phi) is 2.88. The Hall–Kier alpha value is -2.57. The number of nitro groups is 1. The second kappa shape index (κ2) is 4.36. The van der Waals surface area contributed by atoms with Crippen molar-refractivity contribution in [3.8, 4) is 0 Å². The molecular formula is C11H12N4O3. The van der Waals surface area contributed by atoms with Crippen LogP contribution < -0.4 is 11.4 Å². The quantitative estimate of drug-likeness (QED) is 0.492. The van der Waals surface area contributed by atoms with Gasteiger partial charge in [-0.1, -0.05) is 0 Å². The van der Waals surface area contributed by atoms with Gasteiger partial charge in [0.1, 0.15) is 0 Å². The van der Waals surface area contributed by atoms with Crippen LogP contribution in [0.5, 0.6) is 0 Å². The molecule has 0 saturated carbocycles. The van der Waals surface area contributed by atoms with E-state index in [1.165, 1.54) is 27.3 Å². The van der Waals surface area contributed by atoms with Gasteiger partial charge in [-0.2, -0.15) is 0 Å². The Balaban J connectivity index is 2.39. The number of nitrogen functional groups attached to an aromatic ring is 1. The number of aryl methyl sites for hydroxylation is 1. The van der Waals surface area contributed by atoms with E-state index < -0.39 is 4.92 Å². The highest BCUT2D eigenvalue weighted by Gasteiger charge is 2.10. The van der Waals surface area contributed by atoms with Crippen molar-refractivity contribution in [1.29, 1.82) is 0 Å². The minimum atomic E-state index is -0.489. The summed E-state index contributed by atoms with van der Waals surface area (Å²) in [6, 6.07) is 4.20. The van der Waals surface area contributed by atoms with Gasteiger partial charge in [0.25, 0.3) is 5.69 Å². The second-order valence-corrected chi connectivity index (χ2v) is 3.96. The molecule has 18 heavy (non-hydrogen) atoms. The number of hydrogen-bond donors (Lipinski definition) is 1. The van der Waals surface area contributed by atoms with Crippen molar-refractivity contribution in [2.24, 2.45) is 7.05 Å². The molecule has 0 aliphatic carbocycles. The average molecular weight is 248 g/mol. The maximum atomic E-state index is 11.7. The highest BCUT2D eigenvalue weighted by molar-refractivity contribution is 5.52. The van der Waals surface area contributed by atoms with E-state index >= 15 is 0 Å². The van der Waals surface area contributed by atoms with Crippen molar-refractivity contribution in [3.63, 3.8) is 0 Å². The zero-order valence-electron chi connectivity index (χ0n) is 9.74. The predicted molar refractivity (Wildman–Crippen MR) is 66.3 cm³/mol. The molecule has 0 bridgehead atoms. The lowest BCUT2D eigenvalue weighted by Crippen LogP contribution is -2.22. The fourth-order valence-corrected chi connectivity index (χ4v) is 1.66. The van der Waals surface area contributed by atoms with Gasteiger partial charge in [-0.3, -0.25) is 14.7 Å². The maximum Gasteiger partial charge on any atom is 0.328 e. The average Bonchev–Trinajstić information content (AvgIpc) is 2.63. The standard InChI is InChI=1S/C11H12N4O3/c1-13-4-5-14(11(13)16)7-8-6-9(15(17)18)2-3-10(8)12/h2-6H,7,12H2,1H3. The number of rotatable bonds is 3. The molecule has 94 valence electrons. The van der Waals surface area contributed by atoms with Gasteiger partial charge in [-0.05, 0) is 6.07 Å². The van der Waals surface area contributed by atoms with Crippen molar-refractivity contribution in [2.75, 3.05) is 5.73 Å². The topological polar surface area (TPSA) is 96.1 Å². The first kappa shape index (κ1) is 11.9. The molecule has 0 atom stereocenters. The number of imidazole rings is 1. The zero-order chi connectivity index (χ0) is 13.3. The SMILES string of the molecule is Cn1ccn(Cc2cc([N+](=O)[O-])ccc2N)c1=O. The monoisotopic (exact) mass is 248 g/mol. The van der Waals surface area contributed by atoms with Crippen molar-refractivity contribution in [2.45, 2.75) is 6.54 Å². The van der Waals surface area contributed by atoms with Crippen molar-refractivity contribution < 1.29 is 4.92 Å². The Morgan fingerprint density at radius 1 is 1.39 bits per heavy atom. The molecule has 1 aromatic heterocycles. The molecule has 0 fully saturated rings. The molecule has 0 spiro atoms. The molecule has 0 aliphatic heterocycles. The van der Waals surface area contributed by atoms with E-state index in [9.17, 15) is 14.9 Å². The van der Waals surface area contributed by atoms with E-state index in [4.69, 9.17) is 5.73 Å². The van der Waals surface area contributed by atoms with E-state index in [1.807, 2.05) is 0 Å². The third-order valence-electron chi connectivity index (χ3n) is 2.70. The van der Waals surface area contributed by atoms with Crippen molar-refractivity contribution in [3.05, 3.63) is 56.8 Å². The van der Waals surface area contributed by atoms with Gasteiger partial charge in [0, 0.05) is 42.8 Å². The molecule has 1 aromatic carbocycles. The Labute approximate surface area is 102 Å². The van der Waals surface area contributed by atoms with E-state index in [1.54, 1.807) is 19.4 Å². The highest BCUT2D eigenvalue weighted by Crippen LogP contribution is 2.20. The summed E-state index contributed by atoms with van der Waals surface area (Å²) in [5.41, 5.74) is 6.50. The van der Waals surface area contributed by atoms with Crippen LogP contribution in [0.4, 0.5) is 11.4 Å². The molecule has 2 rings (SSSR count). The third kappa shape index (κ3) is 2.10. The summed E-state index contributed by atoms with van der Waals surface area (Å²) in [5.74, 6) is 0. The summed E-state index contributed by atoms with van der Waals surface area (Å²) in [4.78, 5) is 21.8. The molecule has 2 N–H and O–H groups in total. The van der Waals surface area contributed by atoms with Gasteiger partial charge in [0.2, 0.25) is 0 Å². The smallest absolute Gasteiger partial charge is 0.328 e. The van der Waals surface area contributed by atoms with Crippen LogP contribution in [-0.4, -0.2) is 14.1 Å². The van der Waals surface area contributed by atoms with Crippen LogP contribution in [-0.2, 0) is 13.6 Å². The van der Waals surface area contributed by atoms with Gasteiger partial charge in [0.15, 0.2) is 0 Å². The van der Waals surface area contributed by atoms with E-state index in [-0.39, 0.29) is 17.9 Å². The number of anilines is 1. The molecule has 0 unspecified atom stereocenters. The van der Waals surface area contributed by atoms with Crippen LogP contribution in [0.3, 0.4) is 0 Å². The van der Waals surface area contributed by atoms with Gasteiger partial charge in [0.05, 0.1) is 11.5 Å². The lowest BCUT2D eigenvalue weighted by molar-refractivity contribution is -0.384. The molecule has 0 amide bonds. The predicted octanol–water partition coefficient (Wildman–Crippen LogP) is 0.726. The number of nitro benzene ring substituents is 1. The lowest BCUT2D eigenvalue weighted by atomic mass is 10.1. The number of nitrogens with zero attached hydrogens (tertiary/aromatic N) is 3. The maximum absolute atomic E-state index is 11.7. The largest absolute Gasteiger partial charge is 0.398 e. The van der Waals surface area contributed by atoms with Gasteiger partial charge < -0.3 is 10.3 Å². The van der Waals surface area contributed by atoms with Crippen molar-refractivity contribution in [1.82, 2.24) is 9.13 Å². The number of aromatic nitrogens is 2. The summed E-state index contributed by atoms with van der Waals surface area (Å²) < 4.78 is 2.86. The molecule has 2 aromatic rings.